The molecule has 116 valence electrons. The van der Waals surface area contributed by atoms with Gasteiger partial charge in [0.15, 0.2) is 5.96 Å². The smallest absolute Gasteiger partial charge is 0.221 e. The Kier molecular flexibility index (Phi) is 7.86. The van der Waals surface area contributed by atoms with Crippen LogP contribution in [0.1, 0.15) is 32.9 Å². The number of aliphatic imine (C=N–C) groups is 1. The van der Waals surface area contributed by atoms with Gasteiger partial charge in [0.2, 0.25) is 5.91 Å². The molecule has 0 saturated carbocycles. The SMILES string of the molecule is CCNC(=NCc1ccccn1)NCCC(=O)NC(C)C. The second kappa shape index (κ2) is 9.74. The number of amides is 1. The second-order valence-electron chi connectivity index (χ2n) is 4.92. The van der Waals surface area contributed by atoms with E-state index >= 15 is 0 Å². The van der Waals surface area contributed by atoms with Gasteiger partial charge in [-0.1, -0.05) is 6.07 Å². The molecule has 0 atom stereocenters. The predicted octanol–water partition coefficient (Wildman–Crippen LogP) is 1.05. The molecule has 0 unspecified atom stereocenters. The van der Waals surface area contributed by atoms with E-state index in [1.165, 1.54) is 0 Å². The third-order valence-corrected chi connectivity index (χ3v) is 2.56. The van der Waals surface area contributed by atoms with Crippen LogP contribution in [-0.4, -0.2) is 36.0 Å². The van der Waals surface area contributed by atoms with Crippen molar-refractivity contribution in [1.82, 2.24) is 20.9 Å². The molecule has 3 N–H and O–H groups in total. The predicted molar refractivity (Wildman–Crippen MR) is 85.0 cm³/mol. The van der Waals surface area contributed by atoms with Crippen LogP contribution in [0.25, 0.3) is 0 Å². The van der Waals surface area contributed by atoms with Gasteiger partial charge in [0.25, 0.3) is 0 Å². The molecule has 0 aliphatic carbocycles. The second-order valence-corrected chi connectivity index (χ2v) is 4.92. The van der Waals surface area contributed by atoms with Crippen molar-refractivity contribution in [3.8, 4) is 0 Å². The average molecular weight is 291 g/mol. The van der Waals surface area contributed by atoms with Crippen molar-refractivity contribution in [1.29, 1.82) is 0 Å². The molecule has 1 rings (SSSR count). The van der Waals surface area contributed by atoms with E-state index in [1.54, 1.807) is 6.20 Å². The van der Waals surface area contributed by atoms with Gasteiger partial charge in [-0.2, -0.15) is 0 Å². The summed E-state index contributed by atoms with van der Waals surface area (Å²) in [5.74, 6) is 0.735. The van der Waals surface area contributed by atoms with Crippen LogP contribution in [0.15, 0.2) is 29.4 Å². The van der Waals surface area contributed by atoms with Crippen LogP contribution in [0.5, 0.6) is 0 Å². The van der Waals surface area contributed by atoms with Crippen molar-refractivity contribution in [2.24, 2.45) is 4.99 Å². The Morgan fingerprint density at radius 2 is 2.14 bits per heavy atom. The Morgan fingerprint density at radius 1 is 1.33 bits per heavy atom. The molecule has 0 aliphatic rings. The number of carbonyl (C=O) groups excluding carboxylic acids is 1. The van der Waals surface area contributed by atoms with Crippen LogP contribution < -0.4 is 16.0 Å². The molecule has 0 bridgehead atoms. The lowest BCUT2D eigenvalue weighted by atomic mass is 10.3. The van der Waals surface area contributed by atoms with Crippen molar-refractivity contribution in [2.75, 3.05) is 13.1 Å². The van der Waals surface area contributed by atoms with Crippen LogP contribution in [-0.2, 0) is 11.3 Å². The third-order valence-electron chi connectivity index (χ3n) is 2.56. The molecule has 6 nitrogen and oxygen atoms in total. The number of rotatable bonds is 7. The number of hydrogen-bond donors (Lipinski definition) is 3. The molecule has 1 heterocycles. The van der Waals surface area contributed by atoms with Crippen molar-refractivity contribution >= 4 is 11.9 Å². The van der Waals surface area contributed by atoms with Crippen LogP contribution in [0, 0.1) is 0 Å². The molecule has 1 amide bonds. The van der Waals surface area contributed by atoms with Crippen LogP contribution in [0.3, 0.4) is 0 Å². The van der Waals surface area contributed by atoms with E-state index in [4.69, 9.17) is 0 Å². The zero-order chi connectivity index (χ0) is 15.5. The zero-order valence-corrected chi connectivity index (χ0v) is 13.0. The van der Waals surface area contributed by atoms with Crippen molar-refractivity contribution in [3.05, 3.63) is 30.1 Å². The Hall–Kier alpha value is -2.11. The van der Waals surface area contributed by atoms with Gasteiger partial charge in [-0.05, 0) is 32.9 Å². The number of pyridine rings is 1. The Morgan fingerprint density at radius 3 is 2.76 bits per heavy atom. The maximum absolute atomic E-state index is 11.6. The van der Waals surface area contributed by atoms with Gasteiger partial charge in [0, 0.05) is 31.7 Å². The fourth-order valence-electron chi connectivity index (χ4n) is 1.68. The maximum Gasteiger partial charge on any atom is 0.221 e. The molecule has 0 radical (unpaired) electrons. The maximum atomic E-state index is 11.6. The summed E-state index contributed by atoms with van der Waals surface area (Å²) in [7, 11) is 0. The van der Waals surface area contributed by atoms with Gasteiger partial charge >= 0.3 is 0 Å². The first-order valence-corrected chi connectivity index (χ1v) is 7.33. The molecule has 6 heteroatoms. The molecular weight excluding hydrogens is 266 g/mol. The number of hydrogen-bond acceptors (Lipinski definition) is 3. The topological polar surface area (TPSA) is 78.4 Å². The quantitative estimate of drug-likeness (QED) is 0.518. The molecule has 1 aromatic heterocycles. The van der Waals surface area contributed by atoms with Gasteiger partial charge in [-0.25, -0.2) is 4.99 Å². The highest BCUT2D eigenvalue weighted by Gasteiger charge is 2.04. The summed E-state index contributed by atoms with van der Waals surface area (Å²) in [6.45, 7) is 7.73. The van der Waals surface area contributed by atoms with E-state index in [9.17, 15) is 4.79 Å². The van der Waals surface area contributed by atoms with Crippen LogP contribution >= 0.6 is 0 Å². The fraction of sp³-hybridized carbons (Fsp3) is 0.533. The van der Waals surface area contributed by atoms with Gasteiger partial charge in [0.05, 0.1) is 12.2 Å². The summed E-state index contributed by atoms with van der Waals surface area (Å²) in [4.78, 5) is 20.2. The summed E-state index contributed by atoms with van der Waals surface area (Å²) in [5.41, 5.74) is 0.909. The first-order chi connectivity index (χ1) is 10.1. The summed E-state index contributed by atoms with van der Waals surface area (Å²) >= 11 is 0. The third kappa shape index (κ3) is 7.91. The Bertz CT molecular complexity index is 445. The van der Waals surface area contributed by atoms with Crippen molar-refractivity contribution in [3.63, 3.8) is 0 Å². The molecule has 0 fully saturated rings. The lowest BCUT2D eigenvalue weighted by Gasteiger charge is -2.12. The van der Waals surface area contributed by atoms with Gasteiger partial charge in [-0.15, -0.1) is 0 Å². The summed E-state index contributed by atoms with van der Waals surface area (Å²) < 4.78 is 0. The molecule has 0 aromatic carbocycles. The van der Waals surface area contributed by atoms with E-state index in [-0.39, 0.29) is 11.9 Å². The van der Waals surface area contributed by atoms with Crippen molar-refractivity contribution in [2.45, 2.75) is 39.8 Å². The van der Waals surface area contributed by atoms with Gasteiger partial charge in [0.1, 0.15) is 0 Å². The number of nitrogens with one attached hydrogen (secondary N) is 3. The molecule has 21 heavy (non-hydrogen) atoms. The lowest BCUT2D eigenvalue weighted by molar-refractivity contribution is -0.121. The Labute approximate surface area is 126 Å². The first kappa shape index (κ1) is 16.9. The highest BCUT2D eigenvalue weighted by molar-refractivity contribution is 5.81. The minimum Gasteiger partial charge on any atom is -0.357 e. The molecular formula is C15H25N5O. The molecule has 0 saturated heterocycles. The zero-order valence-electron chi connectivity index (χ0n) is 13.0. The number of aromatic nitrogens is 1. The number of guanidine groups is 1. The number of carbonyl (C=O) groups is 1. The average Bonchev–Trinajstić information content (AvgIpc) is 2.45. The van der Waals surface area contributed by atoms with E-state index in [2.05, 4.69) is 25.9 Å². The molecule has 0 aliphatic heterocycles. The Balaban J connectivity index is 2.40. The fourth-order valence-corrected chi connectivity index (χ4v) is 1.68. The van der Waals surface area contributed by atoms with E-state index in [1.807, 2.05) is 39.0 Å². The molecule has 1 aromatic rings. The normalized spacial score (nSPS) is 11.3. The molecule has 0 spiro atoms. The summed E-state index contributed by atoms with van der Waals surface area (Å²) in [6.07, 6.45) is 2.17. The largest absolute Gasteiger partial charge is 0.357 e. The monoisotopic (exact) mass is 291 g/mol. The summed E-state index contributed by atoms with van der Waals surface area (Å²) in [6, 6.07) is 5.92. The van der Waals surface area contributed by atoms with E-state index in [0.717, 1.165) is 12.2 Å². The van der Waals surface area contributed by atoms with Crippen LogP contribution in [0.4, 0.5) is 0 Å². The highest BCUT2D eigenvalue weighted by atomic mass is 16.1. The van der Waals surface area contributed by atoms with E-state index in [0.29, 0.717) is 25.5 Å². The van der Waals surface area contributed by atoms with Gasteiger partial charge in [-0.3, -0.25) is 9.78 Å². The number of nitrogens with zero attached hydrogens (tertiary/aromatic N) is 2. The lowest BCUT2D eigenvalue weighted by Crippen LogP contribution is -2.40. The minimum atomic E-state index is 0.0399. The van der Waals surface area contributed by atoms with Gasteiger partial charge < -0.3 is 16.0 Å². The highest BCUT2D eigenvalue weighted by Crippen LogP contribution is 1.95. The van der Waals surface area contributed by atoms with E-state index < -0.39 is 0 Å². The minimum absolute atomic E-state index is 0.0399. The van der Waals surface area contributed by atoms with Crippen molar-refractivity contribution < 1.29 is 4.79 Å². The summed E-state index contributed by atoms with van der Waals surface area (Å²) in [5, 5.41) is 9.15. The first-order valence-electron chi connectivity index (χ1n) is 7.33. The van der Waals surface area contributed by atoms with Crippen LogP contribution in [0.2, 0.25) is 0 Å². The standard InChI is InChI=1S/C15H25N5O/c1-4-16-15(18-10-8-14(21)20-12(2)3)19-11-13-7-5-6-9-17-13/h5-7,9,12H,4,8,10-11H2,1-3H3,(H,20,21)(H2,16,18,19).